The highest BCUT2D eigenvalue weighted by molar-refractivity contribution is 6.35. The van der Waals surface area contributed by atoms with Crippen molar-refractivity contribution in [1.82, 2.24) is 0 Å². The molecule has 0 aliphatic heterocycles. The van der Waals surface area contributed by atoms with Gasteiger partial charge in [-0.1, -0.05) is 11.6 Å². The summed E-state index contributed by atoms with van der Waals surface area (Å²) in [7, 11) is 1.15. The molecule has 1 aromatic carbocycles. The van der Waals surface area contributed by atoms with Crippen LogP contribution in [-0.4, -0.2) is 12.2 Å². The second-order valence-electron chi connectivity index (χ2n) is 2.70. The number of methoxy groups -OCH3 is 1. The van der Waals surface area contributed by atoms with Gasteiger partial charge in [-0.15, -0.1) is 0 Å². The second kappa shape index (κ2) is 3.69. The fraction of sp³-hybridized carbons (Fsp3) is 0.250. The molecule has 0 atom stereocenters. The molecule has 15 heavy (non-hydrogen) atoms. The Bertz CT molecular complexity index is 392. The van der Waals surface area contributed by atoms with Crippen LogP contribution in [0.5, 0.6) is 11.5 Å². The third-order valence-electron chi connectivity index (χ3n) is 1.76. The monoisotopic (exact) mass is 241 g/mol. The predicted octanol–water partition coefficient (Wildman–Crippen LogP) is 2.66. The summed E-state index contributed by atoms with van der Waals surface area (Å²) in [5, 5.41) is 8.90. The van der Waals surface area contributed by atoms with Gasteiger partial charge in [-0.05, 0) is 6.07 Å². The maximum absolute atomic E-state index is 12.4. The Kier molecular flexibility index (Phi) is 2.90. The number of halogens is 4. The summed E-state index contributed by atoms with van der Waals surface area (Å²) in [6.45, 7) is 0. The van der Waals surface area contributed by atoms with Crippen LogP contribution in [0.15, 0.2) is 6.07 Å². The van der Waals surface area contributed by atoms with E-state index in [2.05, 4.69) is 4.74 Å². The number of nitrogens with two attached hydrogens (primary N) is 1. The number of benzene rings is 1. The first-order valence-electron chi connectivity index (χ1n) is 3.71. The highest BCUT2D eigenvalue weighted by atomic mass is 35.5. The normalized spacial score (nSPS) is 11.5. The lowest BCUT2D eigenvalue weighted by Crippen LogP contribution is -2.07. The summed E-state index contributed by atoms with van der Waals surface area (Å²) < 4.78 is 41.7. The largest absolute Gasteiger partial charge is 0.505 e. The highest BCUT2D eigenvalue weighted by Crippen LogP contribution is 2.45. The first kappa shape index (κ1) is 11.8. The van der Waals surface area contributed by atoms with Crippen molar-refractivity contribution in [3.05, 3.63) is 16.7 Å². The number of phenols is 1. The van der Waals surface area contributed by atoms with Crippen molar-refractivity contribution in [2.45, 2.75) is 6.18 Å². The van der Waals surface area contributed by atoms with Gasteiger partial charge < -0.3 is 15.6 Å². The van der Waals surface area contributed by atoms with Gasteiger partial charge in [0.15, 0.2) is 5.75 Å². The number of phenolic OH excluding ortho intramolecular Hbond substituents is 1. The number of alkyl halides is 3. The standard InChI is InChI=1S/C8H7ClF3NO2/c1-15-4-2-3(8(10,11)12)7(14)6(13)5(4)9/h2,14H,13H2,1H3. The minimum atomic E-state index is -4.71. The van der Waals surface area contributed by atoms with E-state index < -0.39 is 23.2 Å². The molecule has 3 nitrogen and oxygen atoms in total. The summed E-state index contributed by atoms with van der Waals surface area (Å²) in [5.41, 5.74) is 3.36. The molecule has 84 valence electrons. The fourth-order valence-corrected chi connectivity index (χ4v) is 1.23. The van der Waals surface area contributed by atoms with E-state index in [4.69, 9.17) is 22.4 Å². The molecule has 0 aliphatic rings. The predicted molar refractivity (Wildman–Crippen MR) is 49.1 cm³/mol. The van der Waals surface area contributed by atoms with Crippen LogP contribution in [-0.2, 0) is 6.18 Å². The first-order valence-corrected chi connectivity index (χ1v) is 4.09. The zero-order valence-electron chi connectivity index (χ0n) is 7.52. The molecule has 7 heteroatoms. The van der Waals surface area contributed by atoms with Crippen LogP contribution in [0.1, 0.15) is 5.56 Å². The van der Waals surface area contributed by atoms with E-state index in [9.17, 15) is 13.2 Å². The second-order valence-corrected chi connectivity index (χ2v) is 3.08. The smallest absolute Gasteiger partial charge is 0.420 e. The minimum absolute atomic E-state index is 0.237. The van der Waals surface area contributed by atoms with E-state index in [1.807, 2.05) is 0 Å². The molecule has 0 amide bonds. The Labute approximate surface area is 88.2 Å². The van der Waals surface area contributed by atoms with E-state index in [1.165, 1.54) is 0 Å². The molecule has 1 rings (SSSR count). The summed E-state index contributed by atoms with van der Waals surface area (Å²) in [6, 6.07) is 0.591. The summed E-state index contributed by atoms with van der Waals surface area (Å²) in [4.78, 5) is 0. The number of hydrogen-bond donors (Lipinski definition) is 2. The average molecular weight is 242 g/mol. The van der Waals surface area contributed by atoms with Crippen molar-refractivity contribution in [3.8, 4) is 11.5 Å². The van der Waals surface area contributed by atoms with Crippen molar-refractivity contribution in [2.24, 2.45) is 0 Å². The fourth-order valence-electron chi connectivity index (χ4n) is 1.01. The van der Waals surface area contributed by atoms with Gasteiger partial charge in [0.1, 0.15) is 16.3 Å². The molecule has 0 heterocycles. The summed E-state index contributed by atoms with van der Waals surface area (Å²) in [5.74, 6) is -1.33. The van der Waals surface area contributed by atoms with Gasteiger partial charge in [-0.2, -0.15) is 13.2 Å². The zero-order chi connectivity index (χ0) is 11.8. The van der Waals surface area contributed by atoms with Crippen LogP contribution >= 0.6 is 11.6 Å². The lowest BCUT2D eigenvalue weighted by molar-refractivity contribution is -0.138. The first-order chi connectivity index (χ1) is 6.79. The van der Waals surface area contributed by atoms with Gasteiger partial charge in [0.2, 0.25) is 0 Å². The molecule has 0 spiro atoms. The van der Waals surface area contributed by atoms with E-state index in [0.29, 0.717) is 6.07 Å². The van der Waals surface area contributed by atoms with Crippen molar-refractivity contribution in [2.75, 3.05) is 12.8 Å². The number of anilines is 1. The Morgan fingerprint density at radius 2 is 2.00 bits per heavy atom. The van der Waals surface area contributed by atoms with Crippen LogP contribution in [0.4, 0.5) is 18.9 Å². The van der Waals surface area contributed by atoms with E-state index in [-0.39, 0.29) is 10.8 Å². The van der Waals surface area contributed by atoms with Gasteiger partial charge in [0, 0.05) is 0 Å². The van der Waals surface area contributed by atoms with Gasteiger partial charge >= 0.3 is 6.18 Å². The molecular formula is C8H7ClF3NO2. The van der Waals surface area contributed by atoms with Gasteiger partial charge in [-0.25, -0.2) is 0 Å². The van der Waals surface area contributed by atoms with E-state index >= 15 is 0 Å². The van der Waals surface area contributed by atoms with Crippen LogP contribution in [0, 0.1) is 0 Å². The molecule has 0 saturated carbocycles. The lowest BCUT2D eigenvalue weighted by atomic mass is 10.1. The Morgan fingerprint density at radius 3 is 2.40 bits per heavy atom. The molecule has 1 aromatic rings. The Hall–Kier alpha value is -1.30. The maximum atomic E-state index is 12.4. The van der Waals surface area contributed by atoms with Crippen LogP contribution < -0.4 is 10.5 Å². The Morgan fingerprint density at radius 1 is 1.47 bits per heavy atom. The van der Waals surface area contributed by atoms with Gasteiger partial charge in [-0.3, -0.25) is 0 Å². The third kappa shape index (κ3) is 2.04. The van der Waals surface area contributed by atoms with Crippen molar-refractivity contribution < 1.29 is 23.0 Å². The topological polar surface area (TPSA) is 55.5 Å². The molecule has 0 saturated heterocycles. The van der Waals surface area contributed by atoms with Crippen molar-refractivity contribution in [3.63, 3.8) is 0 Å². The molecular weight excluding hydrogens is 235 g/mol. The SMILES string of the molecule is COc1cc(C(F)(F)F)c(O)c(N)c1Cl. The van der Waals surface area contributed by atoms with Crippen molar-refractivity contribution in [1.29, 1.82) is 0 Å². The molecule has 0 radical (unpaired) electrons. The maximum Gasteiger partial charge on any atom is 0.420 e. The van der Waals surface area contributed by atoms with E-state index in [0.717, 1.165) is 7.11 Å². The van der Waals surface area contributed by atoms with Crippen molar-refractivity contribution >= 4 is 17.3 Å². The third-order valence-corrected chi connectivity index (χ3v) is 2.15. The molecule has 0 unspecified atom stereocenters. The number of aromatic hydroxyl groups is 1. The van der Waals surface area contributed by atoms with Gasteiger partial charge in [0.05, 0.1) is 12.8 Å². The quantitative estimate of drug-likeness (QED) is 0.587. The molecule has 0 fully saturated rings. The van der Waals surface area contributed by atoms with Crippen LogP contribution in [0.2, 0.25) is 5.02 Å². The Balaban J connectivity index is 3.49. The number of nitrogen functional groups attached to an aromatic ring is 1. The molecule has 0 aromatic heterocycles. The average Bonchev–Trinajstić information content (AvgIpc) is 2.13. The van der Waals surface area contributed by atoms with Crippen LogP contribution in [0.3, 0.4) is 0 Å². The number of hydrogen-bond acceptors (Lipinski definition) is 3. The van der Waals surface area contributed by atoms with Crippen LogP contribution in [0.25, 0.3) is 0 Å². The minimum Gasteiger partial charge on any atom is -0.505 e. The summed E-state index contributed by atoms with van der Waals surface area (Å²) >= 11 is 5.54. The molecule has 0 aliphatic carbocycles. The summed E-state index contributed by atoms with van der Waals surface area (Å²) in [6.07, 6.45) is -4.71. The lowest BCUT2D eigenvalue weighted by Gasteiger charge is -2.14. The van der Waals surface area contributed by atoms with E-state index in [1.54, 1.807) is 0 Å². The van der Waals surface area contributed by atoms with Gasteiger partial charge in [0.25, 0.3) is 0 Å². The molecule has 0 bridgehead atoms. The number of ether oxygens (including phenoxy) is 1. The number of rotatable bonds is 1. The molecule has 3 N–H and O–H groups in total. The zero-order valence-corrected chi connectivity index (χ0v) is 8.28. The highest BCUT2D eigenvalue weighted by Gasteiger charge is 2.36.